The zero-order chi connectivity index (χ0) is 13.4. The molecule has 0 amide bonds. The smallest absolute Gasteiger partial charge is 0.231 e. The lowest BCUT2D eigenvalue weighted by molar-refractivity contribution is 0.174. The van der Waals surface area contributed by atoms with Crippen molar-refractivity contribution in [1.29, 1.82) is 0 Å². The van der Waals surface area contributed by atoms with Crippen LogP contribution in [-0.2, 0) is 0 Å². The molecule has 5 heteroatoms. The van der Waals surface area contributed by atoms with Gasteiger partial charge in [-0.05, 0) is 30.7 Å². The highest BCUT2D eigenvalue weighted by Crippen LogP contribution is 2.38. The van der Waals surface area contributed by atoms with Crippen LogP contribution in [0.15, 0.2) is 24.3 Å². The number of anilines is 1. The highest BCUT2D eigenvalue weighted by molar-refractivity contribution is 5.77. The van der Waals surface area contributed by atoms with E-state index in [1.165, 1.54) is 0 Å². The molecular formula is C14H14N2O3. The second-order valence-corrected chi connectivity index (χ2v) is 4.28. The van der Waals surface area contributed by atoms with Gasteiger partial charge in [-0.15, -0.1) is 0 Å². The summed E-state index contributed by atoms with van der Waals surface area (Å²) in [7, 11) is 1.61. The van der Waals surface area contributed by atoms with Crippen LogP contribution in [0.5, 0.6) is 17.2 Å². The Hall–Kier alpha value is -2.43. The minimum Gasteiger partial charge on any atom is -0.495 e. The summed E-state index contributed by atoms with van der Waals surface area (Å²) in [6, 6.07) is 7.57. The summed E-state index contributed by atoms with van der Waals surface area (Å²) in [5.74, 6) is 2.64. The fourth-order valence-electron chi connectivity index (χ4n) is 2.11. The zero-order valence-corrected chi connectivity index (χ0v) is 10.8. The molecule has 3 rings (SSSR count). The van der Waals surface area contributed by atoms with Gasteiger partial charge in [0.2, 0.25) is 6.79 Å². The number of hydrogen-bond donors (Lipinski definition) is 1. The fraction of sp³-hybridized carbons (Fsp3) is 0.214. The third-order valence-electron chi connectivity index (χ3n) is 3.10. The molecule has 1 aromatic heterocycles. The first-order valence-corrected chi connectivity index (χ1v) is 5.90. The van der Waals surface area contributed by atoms with Gasteiger partial charge in [-0.1, -0.05) is 6.07 Å². The number of rotatable bonds is 2. The van der Waals surface area contributed by atoms with E-state index in [4.69, 9.17) is 19.9 Å². The lowest BCUT2D eigenvalue weighted by atomic mass is 10.1. The Labute approximate surface area is 110 Å². The predicted octanol–water partition coefficient (Wildman–Crippen LogP) is 2.38. The molecule has 0 aliphatic carbocycles. The Balaban J connectivity index is 2.11. The van der Waals surface area contributed by atoms with Gasteiger partial charge in [0.1, 0.15) is 11.6 Å². The molecule has 2 N–H and O–H groups in total. The molecule has 19 heavy (non-hydrogen) atoms. The van der Waals surface area contributed by atoms with Crippen molar-refractivity contribution in [2.24, 2.45) is 0 Å². The number of fused-ring (bicyclic) bond motifs is 1. The van der Waals surface area contributed by atoms with Gasteiger partial charge < -0.3 is 19.9 Å². The molecule has 2 heterocycles. The third-order valence-corrected chi connectivity index (χ3v) is 3.10. The van der Waals surface area contributed by atoms with E-state index in [0.29, 0.717) is 11.6 Å². The molecule has 0 atom stereocenters. The van der Waals surface area contributed by atoms with Crippen molar-refractivity contribution < 1.29 is 14.2 Å². The Morgan fingerprint density at radius 2 is 2.00 bits per heavy atom. The number of hydrogen-bond acceptors (Lipinski definition) is 5. The number of benzene rings is 1. The van der Waals surface area contributed by atoms with Crippen molar-refractivity contribution in [1.82, 2.24) is 4.98 Å². The molecule has 0 fully saturated rings. The van der Waals surface area contributed by atoms with E-state index >= 15 is 0 Å². The van der Waals surface area contributed by atoms with E-state index in [-0.39, 0.29) is 6.79 Å². The number of nitrogen functional groups attached to an aromatic ring is 1. The minimum absolute atomic E-state index is 0.254. The summed E-state index contributed by atoms with van der Waals surface area (Å²) in [5.41, 5.74) is 8.50. The van der Waals surface area contributed by atoms with E-state index in [9.17, 15) is 0 Å². The first kappa shape index (κ1) is 11.6. The van der Waals surface area contributed by atoms with Crippen LogP contribution in [0.4, 0.5) is 5.82 Å². The molecule has 0 spiro atoms. The maximum atomic E-state index is 5.98. The van der Waals surface area contributed by atoms with Crippen LogP contribution in [-0.4, -0.2) is 18.9 Å². The SMILES string of the molecule is COc1cc(-c2ccc3c(c2)OCO3)c(N)nc1C. The monoisotopic (exact) mass is 258 g/mol. The summed E-state index contributed by atoms with van der Waals surface area (Å²) in [6.45, 7) is 2.11. The maximum Gasteiger partial charge on any atom is 0.231 e. The van der Waals surface area contributed by atoms with E-state index in [0.717, 1.165) is 28.3 Å². The highest BCUT2D eigenvalue weighted by Gasteiger charge is 2.16. The molecule has 0 unspecified atom stereocenters. The van der Waals surface area contributed by atoms with E-state index < -0.39 is 0 Å². The van der Waals surface area contributed by atoms with Crippen LogP contribution in [0.25, 0.3) is 11.1 Å². The summed E-state index contributed by atoms with van der Waals surface area (Å²) < 4.78 is 15.9. The molecule has 0 bridgehead atoms. The van der Waals surface area contributed by atoms with Crippen molar-refractivity contribution in [2.75, 3.05) is 19.6 Å². The Kier molecular flexibility index (Phi) is 2.67. The first-order valence-electron chi connectivity index (χ1n) is 5.90. The largest absolute Gasteiger partial charge is 0.495 e. The third kappa shape index (κ3) is 1.93. The number of nitrogens with zero attached hydrogens (tertiary/aromatic N) is 1. The van der Waals surface area contributed by atoms with E-state index in [1.54, 1.807) is 7.11 Å². The van der Waals surface area contributed by atoms with Crippen LogP contribution < -0.4 is 19.9 Å². The van der Waals surface area contributed by atoms with Gasteiger partial charge >= 0.3 is 0 Å². The van der Waals surface area contributed by atoms with Crippen molar-refractivity contribution >= 4 is 5.82 Å². The van der Waals surface area contributed by atoms with Gasteiger partial charge in [0.25, 0.3) is 0 Å². The molecule has 0 radical (unpaired) electrons. The number of aromatic nitrogens is 1. The van der Waals surface area contributed by atoms with Gasteiger partial charge in [-0.25, -0.2) is 4.98 Å². The van der Waals surface area contributed by atoms with Crippen LogP contribution in [0, 0.1) is 6.92 Å². The topological polar surface area (TPSA) is 66.6 Å². The number of pyridine rings is 1. The summed E-state index contributed by atoms with van der Waals surface area (Å²) in [4.78, 5) is 4.29. The van der Waals surface area contributed by atoms with Crippen molar-refractivity contribution in [3.05, 3.63) is 30.0 Å². The van der Waals surface area contributed by atoms with Gasteiger partial charge in [-0.2, -0.15) is 0 Å². The Morgan fingerprint density at radius 1 is 1.21 bits per heavy atom. The van der Waals surface area contributed by atoms with Gasteiger partial charge in [0.05, 0.1) is 12.8 Å². The van der Waals surface area contributed by atoms with Crippen molar-refractivity contribution in [3.8, 4) is 28.4 Å². The van der Waals surface area contributed by atoms with Crippen molar-refractivity contribution in [3.63, 3.8) is 0 Å². The normalized spacial score (nSPS) is 12.5. The lowest BCUT2D eigenvalue weighted by Crippen LogP contribution is -1.99. The molecule has 0 saturated carbocycles. The average molecular weight is 258 g/mol. The molecule has 5 nitrogen and oxygen atoms in total. The van der Waals surface area contributed by atoms with Crippen LogP contribution in [0.3, 0.4) is 0 Å². The van der Waals surface area contributed by atoms with Crippen LogP contribution in [0.2, 0.25) is 0 Å². The minimum atomic E-state index is 0.254. The summed E-state index contributed by atoms with van der Waals surface area (Å²) in [5, 5.41) is 0. The fourth-order valence-corrected chi connectivity index (χ4v) is 2.11. The Bertz CT molecular complexity index is 641. The number of nitrogens with two attached hydrogens (primary N) is 1. The van der Waals surface area contributed by atoms with E-state index in [2.05, 4.69) is 4.98 Å². The van der Waals surface area contributed by atoms with Crippen molar-refractivity contribution in [2.45, 2.75) is 6.92 Å². The van der Waals surface area contributed by atoms with Crippen LogP contribution in [0.1, 0.15) is 5.69 Å². The number of methoxy groups -OCH3 is 1. The second kappa shape index (κ2) is 4.35. The lowest BCUT2D eigenvalue weighted by Gasteiger charge is -2.10. The molecule has 1 aliphatic rings. The quantitative estimate of drug-likeness (QED) is 0.895. The Morgan fingerprint density at radius 3 is 2.79 bits per heavy atom. The summed E-state index contributed by atoms with van der Waals surface area (Å²) in [6.07, 6.45) is 0. The summed E-state index contributed by atoms with van der Waals surface area (Å²) >= 11 is 0. The predicted molar refractivity (Wildman–Crippen MR) is 71.5 cm³/mol. The van der Waals surface area contributed by atoms with Gasteiger partial charge in [0.15, 0.2) is 11.5 Å². The molecular weight excluding hydrogens is 244 g/mol. The number of aryl methyl sites for hydroxylation is 1. The number of ether oxygens (including phenoxy) is 3. The molecule has 98 valence electrons. The van der Waals surface area contributed by atoms with E-state index in [1.807, 2.05) is 31.2 Å². The zero-order valence-electron chi connectivity index (χ0n) is 10.8. The standard InChI is InChI=1S/C14H14N2O3/c1-8-12(17-2)6-10(14(15)16-8)9-3-4-11-13(5-9)19-7-18-11/h3-6H,7H2,1-2H3,(H2,15,16). The van der Waals surface area contributed by atoms with Gasteiger partial charge in [-0.3, -0.25) is 0 Å². The highest BCUT2D eigenvalue weighted by atomic mass is 16.7. The average Bonchev–Trinajstić information content (AvgIpc) is 2.86. The molecule has 2 aromatic rings. The van der Waals surface area contributed by atoms with Crippen LogP contribution >= 0.6 is 0 Å². The maximum absolute atomic E-state index is 5.98. The van der Waals surface area contributed by atoms with Gasteiger partial charge in [0, 0.05) is 5.56 Å². The molecule has 0 saturated heterocycles. The molecule has 1 aliphatic heterocycles. The second-order valence-electron chi connectivity index (χ2n) is 4.28. The first-order chi connectivity index (χ1) is 9.19. The molecule has 1 aromatic carbocycles.